The number of carbonyl (C=O) groups is 4. The van der Waals surface area contributed by atoms with Gasteiger partial charge in [-0.25, -0.2) is 9.13 Å². The summed E-state index contributed by atoms with van der Waals surface area (Å²) in [6.07, 6.45) is 56.9. The van der Waals surface area contributed by atoms with Gasteiger partial charge in [0.05, 0.1) is 26.4 Å². The summed E-state index contributed by atoms with van der Waals surface area (Å²) in [7, 11) is -9.90. The number of hydrogen-bond acceptors (Lipinski definition) is 15. The van der Waals surface area contributed by atoms with E-state index in [-0.39, 0.29) is 25.7 Å². The van der Waals surface area contributed by atoms with Crippen LogP contribution in [0.25, 0.3) is 0 Å². The maximum absolute atomic E-state index is 13.1. The lowest BCUT2D eigenvalue weighted by atomic mass is 10.0. The topological polar surface area (TPSA) is 237 Å². The average molecular weight is 1380 g/mol. The van der Waals surface area contributed by atoms with E-state index in [0.29, 0.717) is 25.7 Å². The molecule has 0 aliphatic rings. The van der Waals surface area contributed by atoms with Gasteiger partial charge < -0.3 is 33.8 Å². The number of hydrogen-bond donors (Lipinski definition) is 3. The van der Waals surface area contributed by atoms with Crippen LogP contribution in [0.2, 0.25) is 0 Å². The van der Waals surface area contributed by atoms with Crippen molar-refractivity contribution in [3.05, 3.63) is 0 Å². The highest BCUT2D eigenvalue weighted by Crippen LogP contribution is 2.45. The molecule has 0 saturated carbocycles. The minimum Gasteiger partial charge on any atom is -0.462 e. The van der Waals surface area contributed by atoms with Crippen molar-refractivity contribution in [2.75, 3.05) is 39.6 Å². The lowest BCUT2D eigenvalue weighted by Crippen LogP contribution is -2.30. The number of aliphatic hydroxyl groups is 1. The van der Waals surface area contributed by atoms with Crippen molar-refractivity contribution in [1.29, 1.82) is 0 Å². The molecule has 0 rings (SSSR count). The average Bonchev–Trinajstić information content (AvgIpc) is 3.04. The van der Waals surface area contributed by atoms with Crippen molar-refractivity contribution in [3.63, 3.8) is 0 Å². The second-order valence-electron chi connectivity index (χ2n) is 27.5. The van der Waals surface area contributed by atoms with Crippen molar-refractivity contribution >= 4 is 39.5 Å². The molecule has 19 heteroatoms. The van der Waals surface area contributed by atoms with E-state index in [0.717, 1.165) is 95.8 Å². The SMILES string of the molecule is CCCCCCCCCCCCCCCCCCCCCCC(=O)O[C@H](COC(=O)CCCCCCCCCCCCC(C)C)COP(=O)(O)OC[C@@H](O)COP(=O)(O)OC[C@@H](COC(=O)CCCCCCCCCCCC)OC(=O)CCCCCCCCCCCCC. The number of rotatable bonds is 75. The summed E-state index contributed by atoms with van der Waals surface area (Å²) < 4.78 is 68.4. The maximum Gasteiger partial charge on any atom is 0.472 e. The summed E-state index contributed by atoms with van der Waals surface area (Å²) in [4.78, 5) is 72.7. The molecule has 2 unspecified atom stereocenters. The normalized spacial score (nSPS) is 14.0. The van der Waals surface area contributed by atoms with Gasteiger partial charge in [-0.1, -0.05) is 343 Å². The van der Waals surface area contributed by atoms with E-state index < -0.39 is 97.5 Å². The molecule has 0 spiro atoms. The molecule has 94 heavy (non-hydrogen) atoms. The third-order valence-electron chi connectivity index (χ3n) is 17.5. The number of aliphatic hydroxyl groups excluding tert-OH is 1. The first kappa shape index (κ1) is 92.1. The molecule has 3 N–H and O–H groups in total. The maximum atomic E-state index is 13.1. The van der Waals surface area contributed by atoms with Gasteiger partial charge in [0.2, 0.25) is 0 Å². The zero-order valence-corrected chi connectivity index (χ0v) is 62.9. The van der Waals surface area contributed by atoms with Gasteiger partial charge in [0.1, 0.15) is 19.3 Å². The Labute approximate surface area is 575 Å². The quantitative estimate of drug-likeness (QED) is 0.0222. The standard InChI is InChI=1S/C75H146O17P2/c1-6-9-12-15-18-21-24-25-26-27-28-29-30-31-32-34-41-46-51-56-61-75(80)92-71(65-86-73(78)59-54-49-44-39-36-35-37-42-47-52-57-68(4)5)67-90-94(83,84)88-63-69(76)62-87-93(81,82)89-66-70(64-85-72(77)58-53-48-43-38-23-20-17-14-11-8-3)91-74(79)60-55-50-45-40-33-22-19-16-13-10-7-2/h68-71,76H,6-67H2,1-5H3,(H,81,82)(H,83,84)/t69-,70+,71+/m0/s1. The largest absolute Gasteiger partial charge is 0.472 e. The molecule has 5 atom stereocenters. The summed E-state index contributed by atoms with van der Waals surface area (Å²) in [6, 6.07) is 0. The van der Waals surface area contributed by atoms with Crippen LogP contribution in [0.5, 0.6) is 0 Å². The fourth-order valence-electron chi connectivity index (χ4n) is 11.5. The predicted octanol–water partition coefficient (Wildman–Crippen LogP) is 22.1. The van der Waals surface area contributed by atoms with Gasteiger partial charge in [-0.05, 0) is 31.6 Å². The third kappa shape index (κ3) is 68.6. The fraction of sp³-hybridized carbons (Fsp3) is 0.947. The molecule has 17 nitrogen and oxygen atoms in total. The zero-order valence-electron chi connectivity index (χ0n) is 61.1. The van der Waals surface area contributed by atoms with Crippen LogP contribution in [0.4, 0.5) is 0 Å². The van der Waals surface area contributed by atoms with Gasteiger partial charge in [-0.3, -0.25) is 37.3 Å². The molecule has 558 valence electrons. The summed E-state index contributed by atoms with van der Waals surface area (Å²) in [5.41, 5.74) is 0. The van der Waals surface area contributed by atoms with E-state index in [2.05, 4.69) is 34.6 Å². The van der Waals surface area contributed by atoms with Crippen LogP contribution in [0, 0.1) is 5.92 Å². The number of phosphoric acid groups is 2. The molecule has 0 aromatic heterocycles. The molecular formula is C75H146O17P2. The van der Waals surface area contributed by atoms with Crippen LogP contribution in [0.1, 0.15) is 394 Å². The lowest BCUT2D eigenvalue weighted by molar-refractivity contribution is -0.161. The fourth-order valence-corrected chi connectivity index (χ4v) is 13.1. The Morgan fingerprint density at radius 2 is 0.489 bits per heavy atom. The number of ether oxygens (including phenoxy) is 4. The first-order valence-electron chi connectivity index (χ1n) is 39.1. The van der Waals surface area contributed by atoms with Crippen molar-refractivity contribution in [2.45, 2.75) is 412 Å². The molecular weight excluding hydrogens is 1230 g/mol. The van der Waals surface area contributed by atoms with Crippen LogP contribution in [0.15, 0.2) is 0 Å². The predicted molar refractivity (Wildman–Crippen MR) is 382 cm³/mol. The van der Waals surface area contributed by atoms with Crippen LogP contribution in [0.3, 0.4) is 0 Å². The smallest absolute Gasteiger partial charge is 0.462 e. The van der Waals surface area contributed by atoms with Crippen molar-refractivity contribution in [1.82, 2.24) is 0 Å². The number of unbranched alkanes of at least 4 members (excludes halogenated alkanes) is 47. The molecule has 0 aromatic carbocycles. The van der Waals surface area contributed by atoms with Crippen LogP contribution < -0.4 is 0 Å². The molecule has 0 amide bonds. The monoisotopic (exact) mass is 1380 g/mol. The van der Waals surface area contributed by atoms with E-state index in [9.17, 15) is 43.2 Å². The molecule has 0 saturated heterocycles. The van der Waals surface area contributed by atoms with Gasteiger partial charge in [-0.2, -0.15) is 0 Å². The highest BCUT2D eigenvalue weighted by molar-refractivity contribution is 7.47. The first-order valence-corrected chi connectivity index (χ1v) is 42.1. The Hall–Kier alpha value is -1.94. The van der Waals surface area contributed by atoms with Crippen LogP contribution >= 0.6 is 15.6 Å². The molecule has 0 heterocycles. The molecule has 0 bridgehead atoms. The Balaban J connectivity index is 5.20. The number of esters is 4. The minimum absolute atomic E-state index is 0.107. The van der Waals surface area contributed by atoms with Crippen molar-refractivity contribution in [3.8, 4) is 0 Å². The molecule has 0 aromatic rings. The van der Waals surface area contributed by atoms with Gasteiger partial charge in [-0.15, -0.1) is 0 Å². The second-order valence-corrected chi connectivity index (χ2v) is 30.4. The van der Waals surface area contributed by atoms with Gasteiger partial charge in [0, 0.05) is 25.7 Å². The zero-order chi connectivity index (χ0) is 69.1. The summed E-state index contributed by atoms with van der Waals surface area (Å²) in [5, 5.41) is 10.6. The molecule has 0 aliphatic heterocycles. The Bertz CT molecular complexity index is 1810. The van der Waals surface area contributed by atoms with E-state index in [1.165, 1.54) is 218 Å². The van der Waals surface area contributed by atoms with Gasteiger partial charge in [0.15, 0.2) is 12.2 Å². The van der Waals surface area contributed by atoms with Crippen molar-refractivity contribution < 1.29 is 80.2 Å². The highest BCUT2D eigenvalue weighted by atomic mass is 31.2. The number of phosphoric ester groups is 2. The lowest BCUT2D eigenvalue weighted by Gasteiger charge is -2.21. The molecule has 0 aliphatic carbocycles. The van der Waals surface area contributed by atoms with Crippen LogP contribution in [-0.2, 0) is 65.4 Å². The summed E-state index contributed by atoms with van der Waals surface area (Å²) >= 11 is 0. The third-order valence-corrected chi connectivity index (χ3v) is 19.4. The second kappa shape index (κ2) is 68.2. The molecule has 0 fully saturated rings. The van der Waals surface area contributed by atoms with Crippen molar-refractivity contribution in [2.24, 2.45) is 5.92 Å². The van der Waals surface area contributed by atoms with E-state index >= 15 is 0 Å². The highest BCUT2D eigenvalue weighted by Gasteiger charge is 2.30. The Morgan fingerprint density at radius 3 is 0.723 bits per heavy atom. The van der Waals surface area contributed by atoms with E-state index in [1.807, 2.05) is 0 Å². The first-order chi connectivity index (χ1) is 45.5. The Morgan fingerprint density at radius 1 is 0.287 bits per heavy atom. The minimum atomic E-state index is -4.96. The van der Waals surface area contributed by atoms with Gasteiger partial charge >= 0.3 is 39.5 Å². The van der Waals surface area contributed by atoms with Crippen LogP contribution in [-0.4, -0.2) is 96.7 Å². The number of carbonyl (C=O) groups excluding carboxylic acids is 4. The van der Waals surface area contributed by atoms with E-state index in [1.54, 1.807) is 0 Å². The van der Waals surface area contributed by atoms with E-state index in [4.69, 9.17) is 37.0 Å². The summed E-state index contributed by atoms with van der Waals surface area (Å²) in [5.74, 6) is -1.36. The molecule has 0 radical (unpaired) electrons. The Kier molecular flexibility index (Phi) is 66.8. The van der Waals surface area contributed by atoms with Gasteiger partial charge in [0.25, 0.3) is 0 Å². The summed E-state index contributed by atoms with van der Waals surface area (Å²) in [6.45, 7) is 7.27.